The molecule has 1 saturated heterocycles. The number of Topliss-reactive ketones (excluding diaryl/α,β-unsaturated/α-hetero) is 1. The van der Waals surface area contributed by atoms with E-state index in [4.69, 9.17) is 0 Å². The number of hydrogen-bond acceptors (Lipinski definition) is 7. The van der Waals surface area contributed by atoms with Gasteiger partial charge in [-0.15, -0.1) is 6.58 Å². The zero-order valence-corrected chi connectivity index (χ0v) is 28.3. The van der Waals surface area contributed by atoms with Gasteiger partial charge in [0.05, 0.1) is 11.8 Å². The summed E-state index contributed by atoms with van der Waals surface area (Å²) in [7, 11) is -3.33. The molecule has 252 valence electrons. The molecule has 1 unspecified atom stereocenters. The van der Waals surface area contributed by atoms with E-state index in [2.05, 4.69) is 41.7 Å². The number of hydrogen-bond donors (Lipinski definition) is 4. The quantitative estimate of drug-likeness (QED) is 0.177. The van der Waals surface area contributed by atoms with E-state index in [9.17, 15) is 32.4 Å². The number of nitrogens with one attached hydrogen (secondary N) is 4. The maximum Gasteiger partial charge on any atom is 0.315 e. The highest BCUT2D eigenvalue weighted by molar-refractivity contribution is 7.90. The second kappa shape index (κ2) is 18.8. The van der Waals surface area contributed by atoms with Crippen LogP contribution in [0.2, 0.25) is 0 Å². The van der Waals surface area contributed by atoms with Crippen LogP contribution in [-0.4, -0.2) is 91.6 Å². The molecule has 44 heavy (non-hydrogen) atoms. The molecular formula is C31H55N5O7S. The molecule has 4 N–H and O–H groups in total. The summed E-state index contributed by atoms with van der Waals surface area (Å²) in [4.78, 5) is 66.8. The van der Waals surface area contributed by atoms with Gasteiger partial charge in [0.25, 0.3) is 5.91 Å². The van der Waals surface area contributed by atoms with Crippen molar-refractivity contribution in [2.75, 3.05) is 25.1 Å². The zero-order chi connectivity index (χ0) is 33.5. The Labute approximate surface area is 263 Å². The minimum absolute atomic E-state index is 0.0520. The van der Waals surface area contributed by atoms with E-state index >= 15 is 0 Å². The van der Waals surface area contributed by atoms with Crippen LogP contribution in [0.25, 0.3) is 0 Å². The largest absolute Gasteiger partial charge is 0.348 e. The summed E-state index contributed by atoms with van der Waals surface area (Å²) < 4.78 is 22.7. The molecule has 2 fully saturated rings. The van der Waals surface area contributed by atoms with Crippen LogP contribution in [0.4, 0.5) is 4.79 Å². The predicted molar refractivity (Wildman–Crippen MR) is 172 cm³/mol. The van der Waals surface area contributed by atoms with E-state index in [1.165, 1.54) is 11.3 Å². The van der Waals surface area contributed by atoms with Crippen molar-refractivity contribution in [3.05, 3.63) is 12.7 Å². The molecule has 0 bridgehead atoms. The minimum Gasteiger partial charge on any atom is -0.348 e. The molecule has 0 aromatic carbocycles. The molecule has 0 aromatic rings. The van der Waals surface area contributed by atoms with Gasteiger partial charge in [-0.1, -0.05) is 45.6 Å². The normalized spacial score (nSPS) is 18.6. The highest BCUT2D eigenvalue weighted by Gasteiger charge is 2.42. The van der Waals surface area contributed by atoms with E-state index in [0.717, 1.165) is 38.4 Å². The minimum atomic E-state index is -3.33. The van der Waals surface area contributed by atoms with Gasteiger partial charge in [-0.3, -0.25) is 19.2 Å². The van der Waals surface area contributed by atoms with Gasteiger partial charge in [0.2, 0.25) is 17.6 Å². The maximum absolute atomic E-state index is 13.9. The van der Waals surface area contributed by atoms with Gasteiger partial charge in [-0.25, -0.2) is 13.2 Å². The Balaban J connectivity index is 0.00000309. The molecule has 0 radical (unpaired) electrons. The monoisotopic (exact) mass is 641 g/mol. The van der Waals surface area contributed by atoms with Gasteiger partial charge < -0.3 is 26.2 Å². The molecule has 2 rings (SSSR count). The lowest BCUT2D eigenvalue weighted by molar-refractivity contribution is -0.143. The van der Waals surface area contributed by atoms with Crippen LogP contribution in [0.15, 0.2) is 12.7 Å². The van der Waals surface area contributed by atoms with Gasteiger partial charge in [0.1, 0.15) is 21.9 Å². The molecule has 5 amide bonds. The van der Waals surface area contributed by atoms with Crippen molar-refractivity contribution in [2.24, 2.45) is 5.92 Å². The standard InChI is InChI=1S/C28H47N5O7S.C3H8/c1-6-7-14-20(23(34)25(36)29-16-18-41(5,39)40)30-24(35)21-15-11-17-33(21)26(37)22(19-12-9-8-10-13-19)31-27(38)32-28(2,3)4;1-3-2/h6,19-22H,1,7-18H2,2-5H3,(H,29,36)(H,30,35)(H2,31,32,38);3H2,1-2H3/t20?,21-,22-;/m0./s1. The van der Waals surface area contributed by atoms with Crippen molar-refractivity contribution in [1.29, 1.82) is 0 Å². The maximum atomic E-state index is 13.9. The van der Waals surface area contributed by atoms with Gasteiger partial charge >= 0.3 is 6.03 Å². The number of likely N-dealkylation sites (tertiary alicyclic amines) is 1. The number of amides is 5. The molecule has 1 saturated carbocycles. The molecule has 1 aliphatic carbocycles. The van der Waals surface area contributed by atoms with E-state index in [1.54, 1.807) is 6.08 Å². The fourth-order valence-corrected chi connectivity index (χ4v) is 5.74. The second-order valence-electron chi connectivity index (χ2n) is 12.8. The first-order chi connectivity index (χ1) is 20.5. The Morgan fingerprint density at radius 2 is 1.59 bits per heavy atom. The van der Waals surface area contributed by atoms with Crippen molar-refractivity contribution in [3.63, 3.8) is 0 Å². The first-order valence-corrected chi connectivity index (χ1v) is 17.9. The Kier molecular flexibility index (Phi) is 16.7. The van der Waals surface area contributed by atoms with Crippen molar-refractivity contribution in [2.45, 2.75) is 122 Å². The lowest BCUT2D eigenvalue weighted by atomic mass is 9.83. The fourth-order valence-electron chi connectivity index (χ4n) is 5.26. The molecule has 12 nitrogen and oxygen atoms in total. The van der Waals surface area contributed by atoms with Crippen molar-refractivity contribution in [3.8, 4) is 0 Å². The number of carbonyl (C=O) groups excluding carboxylic acids is 5. The number of carbonyl (C=O) groups is 5. The lowest BCUT2D eigenvalue weighted by Crippen LogP contribution is -2.60. The highest BCUT2D eigenvalue weighted by atomic mass is 32.2. The van der Waals surface area contributed by atoms with Gasteiger partial charge in [0.15, 0.2) is 0 Å². The topological polar surface area (TPSA) is 171 Å². The lowest BCUT2D eigenvalue weighted by Gasteiger charge is -2.35. The Hall–Kier alpha value is -2.96. The number of sulfone groups is 1. The highest BCUT2D eigenvalue weighted by Crippen LogP contribution is 2.29. The van der Waals surface area contributed by atoms with E-state index < -0.39 is 57.1 Å². The van der Waals surface area contributed by atoms with Crippen LogP contribution in [0, 0.1) is 5.92 Å². The van der Waals surface area contributed by atoms with E-state index in [0.29, 0.717) is 25.8 Å². The third kappa shape index (κ3) is 14.2. The molecule has 0 spiro atoms. The number of rotatable bonds is 13. The Morgan fingerprint density at radius 1 is 0.977 bits per heavy atom. The molecule has 2 aliphatic rings. The molecule has 1 aliphatic heterocycles. The van der Waals surface area contributed by atoms with Crippen LogP contribution in [-0.2, 0) is 29.0 Å². The van der Waals surface area contributed by atoms with Crippen LogP contribution in [0.1, 0.15) is 98.8 Å². The van der Waals surface area contributed by atoms with Crippen molar-refractivity contribution < 1.29 is 32.4 Å². The van der Waals surface area contributed by atoms with Crippen LogP contribution in [0.3, 0.4) is 0 Å². The van der Waals surface area contributed by atoms with E-state index in [-0.39, 0.29) is 30.5 Å². The van der Waals surface area contributed by atoms with Crippen molar-refractivity contribution in [1.82, 2.24) is 26.2 Å². The third-order valence-corrected chi connectivity index (χ3v) is 8.22. The number of ketones is 1. The van der Waals surface area contributed by atoms with Gasteiger partial charge in [0, 0.05) is 24.9 Å². The third-order valence-electron chi connectivity index (χ3n) is 7.28. The fraction of sp³-hybridized carbons (Fsp3) is 0.774. The van der Waals surface area contributed by atoms with Crippen LogP contribution < -0.4 is 21.3 Å². The first-order valence-electron chi connectivity index (χ1n) is 15.8. The SMILES string of the molecule is C=CCCC(NC(=O)[C@@H]1CCCN1C(=O)[C@@H](NC(=O)NC(C)(C)C)C1CCCCC1)C(=O)C(=O)NCCS(C)(=O)=O.CCC. The molecular weight excluding hydrogens is 586 g/mol. The summed E-state index contributed by atoms with van der Waals surface area (Å²) in [5, 5.41) is 10.7. The Bertz CT molecular complexity index is 1100. The summed E-state index contributed by atoms with van der Waals surface area (Å²) in [6, 6.07) is -3.25. The smallest absolute Gasteiger partial charge is 0.315 e. The summed E-state index contributed by atoms with van der Waals surface area (Å²) in [6.07, 6.45) is 9.83. The number of nitrogens with zero attached hydrogens (tertiary/aromatic N) is 1. The molecule has 13 heteroatoms. The Morgan fingerprint density at radius 3 is 2.14 bits per heavy atom. The number of urea groups is 1. The summed E-state index contributed by atoms with van der Waals surface area (Å²) in [5.41, 5.74) is -0.496. The van der Waals surface area contributed by atoms with Gasteiger partial charge in [-0.05, 0) is 65.2 Å². The average Bonchev–Trinajstić information content (AvgIpc) is 3.43. The second-order valence-corrected chi connectivity index (χ2v) is 15.1. The van der Waals surface area contributed by atoms with Crippen molar-refractivity contribution >= 4 is 39.4 Å². The summed E-state index contributed by atoms with van der Waals surface area (Å²) >= 11 is 0. The average molecular weight is 642 g/mol. The first kappa shape index (κ1) is 39.1. The summed E-state index contributed by atoms with van der Waals surface area (Å²) in [5.74, 6) is -3.14. The van der Waals surface area contributed by atoms with Crippen LogP contribution >= 0.6 is 0 Å². The summed E-state index contributed by atoms with van der Waals surface area (Å²) in [6.45, 7) is 13.5. The van der Waals surface area contributed by atoms with Crippen LogP contribution in [0.5, 0.6) is 0 Å². The molecule has 3 atom stereocenters. The predicted octanol–water partition coefficient (Wildman–Crippen LogP) is 2.62. The van der Waals surface area contributed by atoms with Gasteiger partial charge in [-0.2, -0.15) is 0 Å². The number of allylic oxidation sites excluding steroid dienone is 1. The molecule has 1 heterocycles. The van der Waals surface area contributed by atoms with E-state index in [1.807, 2.05) is 20.8 Å². The molecule has 0 aromatic heterocycles. The zero-order valence-electron chi connectivity index (χ0n) is 27.5.